The molecule has 6 nitrogen and oxygen atoms in total. The molecule has 3 rings (SSSR count). The van der Waals surface area contributed by atoms with Gasteiger partial charge in [-0.1, -0.05) is 6.92 Å². The smallest absolute Gasteiger partial charge is 0.349 e. The van der Waals surface area contributed by atoms with Crippen LogP contribution in [0.1, 0.15) is 23.7 Å². The monoisotopic (exact) mass is 352 g/mol. The molecule has 0 N–H and O–H groups in total. The van der Waals surface area contributed by atoms with Gasteiger partial charge < -0.3 is 13.9 Å². The molecule has 3 aromatic rings. The molecule has 1 aromatic heterocycles. The van der Waals surface area contributed by atoms with Gasteiger partial charge in [-0.15, -0.1) is 0 Å². The number of carbonyl (C=O) groups excluding carboxylic acids is 2. The van der Waals surface area contributed by atoms with Crippen LogP contribution in [0.3, 0.4) is 0 Å². The number of esters is 1. The number of Topliss-reactive ketones (excluding diaryl/α,β-unsaturated/α-hetero) is 1. The van der Waals surface area contributed by atoms with Crippen LogP contribution in [0, 0.1) is 0 Å². The van der Waals surface area contributed by atoms with Gasteiger partial charge in [0.15, 0.2) is 12.4 Å². The Bertz CT molecular complexity index is 1000. The number of hydrogen-bond acceptors (Lipinski definition) is 6. The van der Waals surface area contributed by atoms with Gasteiger partial charge in [-0.2, -0.15) is 0 Å². The van der Waals surface area contributed by atoms with Gasteiger partial charge >= 0.3 is 11.6 Å². The van der Waals surface area contributed by atoms with Gasteiger partial charge in [-0.25, -0.2) is 9.59 Å². The lowest BCUT2D eigenvalue weighted by Gasteiger charge is -2.07. The van der Waals surface area contributed by atoms with Gasteiger partial charge in [0.25, 0.3) is 0 Å². The van der Waals surface area contributed by atoms with E-state index in [9.17, 15) is 14.4 Å². The van der Waals surface area contributed by atoms with Crippen molar-refractivity contribution >= 4 is 22.7 Å². The SMILES string of the molecule is CCC(=O)c1ccc(OCC(=O)Oc2ccc3ccc(=O)oc3c2)cc1. The third kappa shape index (κ3) is 4.16. The molecular weight excluding hydrogens is 336 g/mol. The van der Waals surface area contributed by atoms with Crippen molar-refractivity contribution in [3.63, 3.8) is 0 Å². The second kappa shape index (κ2) is 7.65. The van der Waals surface area contributed by atoms with Crippen molar-refractivity contribution in [3.8, 4) is 11.5 Å². The molecule has 0 aliphatic heterocycles. The molecule has 0 spiro atoms. The van der Waals surface area contributed by atoms with E-state index in [0.717, 1.165) is 5.39 Å². The van der Waals surface area contributed by atoms with Crippen molar-refractivity contribution in [3.05, 3.63) is 70.6 Å². The predicted octanol–water partition coefficient (Wildman–Crippen LogP) is 3.37. The van der Waals surface area contributed by atoms with Crippen LogP contribution < -0.4 is 15.1 Å². The van der Waals surface area contributed by atoms with Gasteiger partial charge in [0.1, 0.15) is 17.1 Å². The maximum Gasteiger partial charge on any atom is 0.349 e. The lowest BCUT2D eigenvalue weighted by Crippen LogP contribution is -2.17. The van der Waals surface area contributed by atoms with Gasteiger partial charge in [-0.05, 0) is 42.5 Å². The highest BCUT2D eigenvalue weighted by atomic mass is 16.6. The van der Waals surface area contributed by atoms with Gasteiger partial charge in [0.2, 0.25) is 0 Å². The zero-order chi connectivity index (χ0) is 18.5. The highest BCUT2D eigenvalue weighted by molar-refractivity contribution is 5.95. The van der Waals surface area contributed by atoms with E-state index >= 15 is 0 Å². The van der Waals surface area contributed by atoms with Crippen LogP contribution in [-0.2, 0) is 4.79 Å². The van der Waals surface area contributed by atoms with Crippen molar-refractivity contribution in [1.82, 2.24) is 0 Å². The number of ether oxygens (including phenoxy) is 2. The van der Waals surface area contributed by atoms with E-state index in [4.69, 9.17) is 13.9 Å². The molecule has 0 aliphatic rings. The zero-order valence-electron chi connectivity index (χ0n) is 14.1. The Labute approximate surface area is 149 Å². The maximum atomic E-state index is 11.9. The van der Waals surface area contributed by atoms with E-state index in [-0.39, 0.29) is 18.1 Å². The Kier molecular flexibility index (Phi) is 5.12. The van der Waals surface area contributed by atoms with Gasteiger partial charge in [-0.3, -0.25) is 4.79 Å². The molecule has 0 atom stereocenters. The number of carbonyl (C=O) groups is 2. The highest BCUT2D eigenvalue weighted by Gasteiger charge is 2.09. The van der Waals surface area contributed by atoms with Crippen molar-refractivity contribution in [1.29, 1.82) is 0 Å². The molecule has 0 radical (unpaired) electrons. The third-order valence-electron chi connectivity index (χ3n) is 3.68. The summed E-state index contributed by atoms with van der Waals surface area (Å²) in [5.41, 5.74) is 0.453. The first kappa shape index (κ1) is 17.4. The van der Waals surface area contributed by atoms with Crippen molar-refractivity contribution in [2.45, 2.75) is 13.3 Å². The first-order chi connectivity index (χ1) is 12.5. The minimum atomic E-state index is -0.601. The summed E-state index contributed by atoms with van der Waals surface area (Å²) >= 11 is 0. The van der Waals surface area contributed by atoms with Crippen LogP contribution in [0.15, 0.2) is 63.8 Å². The van der Waals surface area contributed by atoms with Crippen LogP contribution >= 0.6 is 0 Å². The van der Waals surface area contributed by atoms with Gasteiger partial charge in [0.05, 0.1) is 0 Å². The van der Waals surface area contributed by atoms with Crippen LogP contribution in [-0.4, -0.2) is 18.4 Å². The molecule has 0 fully saturated rings. The van der Waals surface area contributed by atoms with Gasteiger partial charge in [0, 0.05) is 29.5 Å². The predicted molar refractivity (Wildman–Crippen MR) is 94.7 cm³/mol. The number of fused-ring (bicyclic) bond motifs is 1. The minimum absolute atomic E-state index is 0.0407. The van der Waals surface area contributed by atoms with Crippen molar-refractivity contribution in [2.75, 3.05) is 6.61 Å². The average Bonchev–Trinajstić information content (AvgIpc) is 2.66. The Morgan fingerprint density at radius 3 is 2.38 bits per heavy atom. The average molecular weight is 352 g/mol. The second-order valence-corrected chi connectivity index (χ2v) is 5.52. The quantitative estimate of drug-likeness (QED) is 0.293. The highest BCUT2D eigenvalue weighted by Crippen LogP contribution is 2.20. The standard InChI is InChI=1S/C20H16O6/c1-2-17(21)13-3-7-15(8-4-13)24-12-20(23)25-16-9-5-14-6-10-19(22)26-18(14)11-16/h3-11H,2,12H2,1H3. The summed E-state index contributed by atoms with van der Waals surface area (Å²) in [7, 11) is 0. The summed E-state index contributed by atoms with van der Waals surface area (Å²) in [5.74, 6) is 0.152. The lowest BCUT2D eigenvalue weighted by atomic mass is 10.1. The Morgan fingerprint density at radius 1 is 0.962 bits per heavy atom. The molecule has 26 heavy (non-hydrogen) atoms. The molecule has 0 saturated heterocycles. The first-order valence-electron chi connectivity index (χ1n) is 8.06. The summed E-state index contributed by atoms with van der Waals surface area (Å²) in [6.45, 7) is 1.50. The summed E-state index contributed by atoms with van der Waals surface area (Å²) in [4.78, 5) is 34.7. The Hall–Kier alpha value is -3.41. The van der Waals surface area contributed by atoms with Crippen LogP contribution in [0.4, 0.5) is 0 Å². The fourth-order valence-electron chi connectivity index (χ4n) is 2.35. The first-order valence-corrected chi connectivity index (χ1v) is 8.06. The fraction of sp³-hybridized carbons (Fsp3) is 0.150. The van der Waals surface area contributed by atoms with Crippen LogP contribution in [0.5, 0.6) is 11.5 Å². The van der Waals surface area contributed by atoms with Crippen LogP contribution in [0.2, 0.25) is 0 Å². The third-order valence-corrected chi connectivity index (χ3v) is 3.68. The zero-order valence-corrected chi connectivity index (χ0v) is 14.1. The molecule has 0 bridgehead atoms. The molecule has 6 heteroatoms. The van der Waals surface area contributed by atoms with Crippen molar-refractivity contribution in [2.24, 2.45) is 0 Å². The molecule has 132 valence electrons. The molecule has 0 unspecified atom stereocenters. The van der Waals surface area contributed by atoms with E-state index in [1.54, 1.807) is 49.4 Å². The largest absolute Gasteiger partial charge is 0.482 e. The normalized spacial score (nSPS) is 10.5. The van der Waals surface area contributed by atoms with Crippen LogP contribution in [0.25, 0.3) is 11.0 Å². The van der Waals surface area contributed by atoms with E-state index in [2.05, 4.69) is 0 Å². The molecule has 2 aromatic carbocycles. The number of benzene rings is 2. The van der Waals surface area contributed by atoms with E-state index in [1.165, 1.54) is 12.1 Å². The molecule has 0 saturated carbocycles. The number of hydrogen-bond donors (Lipinski definition) is 0. The lowest BCUT2D eigenvalue weighted by molar-refractivity contribution is -0.136. The molecular formula is C20H16O6. The summed E-state index contributed by atoms with van der Waals surface area (Å²) in [5, 5.41) is 0.724. The molecule has 1 heterocycles. The minimum Gasteiger partial charge on any atom is -0.482 e. The summed E-state index contributed by atoms with van der Waals surface area (Å²) < 4.78 is 15.6. The van der Waals surface area contributed by atoms with E-state index < -0.39 is 11.6 Å². The molecule has 0 aliphatic carbocycles. The number of rotatable bonds is 6. The summed E-state index contributed by atoms with van der Waals surface area (Å²) in [6.07, 6.45) is 0.429. The topological polar surface area (TPSA) is 82.8 Å². The fourth-order valence-corrected chi connectivity index (χ4v) is 2.35. The van der Waals surface area contributed by atoms with E-state index in [1.807, 2.05) is 0 Å². The molecule has 0 amide bonds. The number of ketones is 1. The maximum absolute atomic E-state index is 11.9. The second-order valence-electron chi connectivity index (χ2n) is 5.52. The summed E-state index contributed by atoms with van der Waals surface area (Å²) in [6, 6.07) is 14.3. The Morgan fingerprint density at radius 2 is 1.65 bits per heavy atom. The van der Waals surface area contributed by atoms with Crippen molar-refractivity contribution < 1.29 is 23.5 Å². The Balaban J connectivity index is 1.60. The van der Waals surface area contributed by atoms with E-state index in [0.29, 0.717) is 23.3 Å².